The summed E-state index contributed by atoms with van der Waals surface area (Å²) >= 11 is 3.21. The highest BCUT2D eigenvalue weighted by atomic mass is 79.9. The van der Waals surface area contributed by atoms with Gasteiger partial charge in [-0.3, -0.25) is 9.59 Å². The number of benzene rings is 1. The van der Waals surface area contributed by atoms with Crippen LogP contribution in [0.1, 0.15) is 12.8 Å². The largest absolute Gasteiger partial charge is 0.378 e. The van der Waals surface area contributed by atoms with Crippen molar-refractivity contribution in [2.24, 2.45) is 4.99 Å². The van der Waals surface area contributed by atoms with Crippen molar-refractivity contribution in [3.8, 4) is 0 Å². The summed E-state index contributed by atoms with van der Waals surface area (Å²) in [6.45, 7) is 2.53. The minimum atomic E-state index is -0.396. The monoisotopic (exact) mass is 409 g/mol. The van der Waals surface area contributed by atoms with Gasteiger partial charge in [0.25, 0.3) is 0 Å². The van der Waals surface area contributed by atoms with E-state index >= 15 is 0 Å². The van der Waals surface area contributed by atoms with Crippen molar-refractivity contribution in [1.29, 1.82) is 0 Å². The summed E-state index contributed by atoms with van der Waals surface area (Å²) in [5.74, 6) is -0.179. The van der Waals surface area contributed by atoms with Crippen LogP contribution in [-0.4, -0.2) is 48.6 Å². The molecular weight excluding hydrogens is 393 g/mol. The zero-order chi connectivity index (χ0) is 17.8. The zero-order valence-electron chi connectivity index (χ0n) is 13.4. The molecule has 0 radical (unpaired) electrons. The lowest BCUT2D eigenvalue weighted by molar-refractivity contribution is -0.115. The number of anilines is 1. The van der Waals surface area contributed by atoms with Crippen molar-refractivity contribution < 1.29 is 18.7 Å². The van der Waals surface area contributed by atoms with E-state index in [4.69, 9.17) is 4.74 Å². The molecule has 1 N–H and O–H groups in total. The van der Waals surface area contributed by atoms with Gasteiger partial charge in [-0.05, 0) is 34.1 Å². The molecule has 0 saturated carbocycles. The lowest BCUT2D eigenvalue weighted by atomic mass is 10.1. The van der Waals surface area contributed by atoms with E-state index in [9.17, 15) is 14.0 Å². The Kier molecular flexibility index (Phi) is 5.60. The number of hydrogen-bond acceptors (Lipinski definition) is 5. The van der Waals surface area contributed by atoms with Gasteiger partial charge in [0, 0.05) is 35.8 Å². The number of carbonyl (C=O) groups is 2. The minimum Gasteiger partial charge on any atom is -0.378 e. The number of ketones is 1. The fourth-order valence-electron chi connectivity index (χ4n) is 2.66. The smallest absolute Gasteiger partial charge is 0.230 e. The van der Waals surface area contributed by atoms with Gasteiger partial charge in [-0.1, -0.05) is 0 Å². The molecule has 25 heavy (non-hydrogen) atoms. The quantitative estimate of drug-likeness (QED) is 0.828. The van der Waals surface area contributed by atoms with Gasteiger partial charge in [-0.25, -0.2) is 9.38 Å². The van der Waals surface area contributed by atoms with E-state index in [2.05, 4.69) is 26.2 Å². The van der Waals surface area contributed by atoms with Crippen LogP contribution in [0.2, 0.25) is 0 Å². The Morgan fingerprint density at radius 1 is 1.36 bits per heavy atom. The number of allylic oxidation sites excluding steroid dienone is 1. The third-order valence-electron chi connectivity index (χ3n) is 3.85. The molecule has 1 aromatic rings. The first-order chi connectivity index (χ1) is 12.0. The number of hydrogen-bond donors (Lipinski definition) is 1. The van der Waals surface area contributed by atoms with Crippen LogP contribution in [0.15, 0.2) is 39.6 Å². The number of ether oxygens (including phenoxy) is 1. The third-order valence-corrected chi connectivity index (χ3v) is 4.50. The molecule has 6 nitrogen and oxygen atoms in total. The van der Waals surface area contributed by atoms with Crippen LogP contribution < -0.4 is 5.32 Å². The van der Waals surface area contributed by atoms with Gasteiger partial charge < -0.3 is 15.0 Å². The summed E-state index contributed by atoms with van der Waals surface area (Å²) in [6.07, 6.45) is 1.66. The number of halogens is 2. The molecule has 0 bridgehead atoms. The second-order valence-corrected chi connectivity index (χ2v) is 6.63. The predicted molar refractivity (Wildman–Crippen MR) is 94.9 cm³/mol. The molecule has 0 unspecified atom stereocenters. The Bertz CT molecular complexity index is 758. The SMILES string of the molecule is O=C1C=C(N2CCOCC2)N=C(CC(=O)Nc2ccc(F)cc2Br)C1. The Balaban J connectivity index is 1.66. The third kappa shape index (κ3) is 4.73. The van der Waals surface area contributed by atoms with Crippen molar-refractivity contribution in [2.75, 3.05) is 31.6 Å². The number of aliphatic imine (C=N–C) groups is 1. The number of rotatable bonds is 4. The first-order valence-electron chi connectivity index (χ1n) is 7.90. The maximum atomic E-state index is 13.1. The van der Waals surface area contributed by atoms with Crippen LogP contribution in [0.4, 0.5) is 10.1 Å². The van der Waals surface area contributed by atoms with E-state index in [1.165, 1.54) is 24.3 Å². The molecule has 2 heterocycles. The van der Waals surface area contributed by atoms with Gasteiger partial charge in [-0.2, -0.15) is 0 Å². The maximum absolute atomic E-state index is 13.1. The maximum Gasteiger partial charge on any atom is 0.230 e. The van der Waals surface area contributed by atoms with E-state index in [1.54, 1.807) is 0 Å². The molecule has 3 rings (SSSR count). The Labute approximate surface area is 152 Å². The van der Waals surface area contributed by atoms with Crippen LogP contribution in [-0.2, 0) is 14.3 Å². The Hall–Kier alpha value is -2.06. The van der Waals surface area contributed by atoms with Gasteiger partial charge in [0.1, 0.15) is 11.6 Å². The number of amides is 1. The molecular formula is C17H17BrFN3O3. The minimum absolute atomic E-state index is 0.0111. The summed E-state index contributed by atoms with van der Waals surface area (Å²) in [6, 6.07) is 4.02. The second-order valence-electron chi connectivity index (χ2n) is 5.77. The standard InChI is InChI=1S/C17H17BrFN3O3/c18-14-7-11(19)1-2-15(14)21-17(24)9-12-8-13(23)10-16(20-12)22-3-5-25-6-4-22/h1-2,7,10H,3-6,8-9H2,(H,21,24). The molecule has 1 amide bonds. The molecule has 0 atom stereocenters. The molecule has 1 fully saturated rings. The molecule has 0 aliphatic carbocycles. The van der Waals surface area contributed by atoms with Gasteiger partial charge >= 0.3 is 0 Å². The molecule has 1 saturated heterocycles. The molecule has 0 spiro atoms. The average Bonchev–Trinajstić information content (AvgIpc) is 2.58. The van der Waals surface area contributed by atoms with Gasteiger partial charge in [0.05, 0.1) is 25.3 Å². The van der Waals surface area contributed by atoms with Crippen molar-refractivity contribution in [2.45, 2.75) is 12.8 Å². The number of nitrogens with one attached hydrogen (secondary N) is 1. The molecule has 132 valence electrons. The lowest BCUT2D eigenvalue weighted by Crippen LogP contribution is -2.36. The molecule has 1 aromatic carbocycles. The van der Waals surface area contributed by atoms with Crippen molar-refractivity contribution in [3.63, 3.8) is 0 Å². The summed E-state index contributed by atoms with van der Waals surface area (Å²) in [5, 5.41) is 2.70. The van der Waals surface area contributed by atoms with Gasteiger partial charge in [0.15, 0.2) is 5.78 Å². The highest BCUT2D eigenvalue weighted by Gasteiger charge is 2.21. The topological polar surface area (TPSA) is 71.0 Å². The normalized spacial score (nSPS) is 17.8. The molecule has 0 aromatic heterocycles. The predicted octanol–water partition coefficient (Wildman–Crippen LogP) is 2.50. The number of nitrogens with zero attached hydrogens (tertiary/aromatic N) is 2. The molecule has 2 aliphatic heterocycles. The van der Waals surface area contributed by atoms with E-state index in [0.717, 1.165) is 0 Å². The van der Waals surface area contributed by atoms with Crippen molar-refractivity contribution in [3.05, 3.63) is 40.4 Å². The molecule has 8 heteroatoms. The van der Waals surface area contributed by atoms with Crippen molar-refractivity contribution in [1.82, 2.24) is 4.90 Å². The average molecular weight is 410 g/mol. The number of morpholine rings is 1. The summed E-state index contributed by atoms with van der Waals surface area (Å²) in [5.41, 5.74) is 0.989. The van der Waals surface area contributed by atoms with Crippen LogP contribution in [0, 0.1) is 5.82 Å². The van der Waals surface area contributed by atoms with Crippen LogP contribution in [0.3, 0.4) is 0 Å². The lowest BCUT2D eigenvalue weighted by Gasteiger charge is -2.30. The number of carbonyl (C=O) groups excluding carboxylic acids is 2. The molecule has 2 aliphatic rings. The van der Waals surface area contributed by atoms with E-state index < -0.39 is 5.82 Å². The first-order valence-corrected chi connectivity index (χ1v) is 8.69. The zero-order valence-corrected chi connectivity index (χ0v) is 15.0. The second kappa shape index (κ2) is 7.88. The summed E-state index contributed by atoms with van der Waals surface area (Å²) in [7, 11) is 0. The fourth-order valence-corrected chi connectivity index (χ4v) is 3.11. The van der Waals surface area contributed by atoms with E-state index in [-0.39, 0.29) is 24.5 Å². The Morgan fingerprint density at radius 2 is 2.12 bits per heavy atom. The first kappa shape index (κ1) is 17.8. The van der Waals surface area contributed by atoms with Crippen LogP contribution in [0.25, 0.3) is 0 Å². The van der Waals surface area contributed by atoms with Crippen molar-refractivity contribution >= 4 is 39.0 Å². The van der Waals surface area contributed by atoms with Crippen LogP contribution >= 0.6 is 15.9 Å². The summed E-state index contributed by atoms with van der Waals surface area (Å²) < 4.78 is 18.9. The highest BCUT2D eigenvalue weighted by molar-refractivity contribution is 9.10. The van der Waals surface area contributed by atoms with E-state index in [0.29, 0.717) is 48.0 Å². The fraction of sp³-hybridized carbons (Fsp3) is 0.353. The van der Waals surface area contributed by atoms with Crippen LogP contribution in [0.5, 0.6) is 0 Å². The Morgan fingerprint density at radius 3 is 2.84 bits per heavy atom. The van der Waals surface area contributed by atoms with E-state index in [1.807, 2.05) is 4.90 Å². The van der Waals surface area contributed by atoms with Gasteiger partial charge in [0.2, 0.25) is 5.91 Å². The summed E-state index contributed by atoms with van der Waals surface area (Å²) in [4.78, 5) is 30.6. The van der Waals surface area contributed by atoms with Gasteiger partial charge in [-0.15, -0.1) is 0 Å². The highest BCUT2D eigenvalue weighted by Crippen LogP contribution is 2.23.